The molecule has 0 saturated heterocycles. The zero-order chi connectivity index (χ0) is 22.8. The summed E-state index contributed by atoms with van der Waals surface area (Å²) in [6, 6.07) is 14.3. The number of rotatable bonds is 6. The Morgan fingerprint density at radius 2 is 1.48 bits per heavy atom. The number of amides is 1. The lowest BCUT2D eigenvalue weighted by atomic mass is 10.0. The second kappa shape index (κ2) is 9.77. The van der Waals surface area contributed by atoms with Crippen LogP contribution in [0.2, 0.25) is 20.1 Å². The van der Waals surface area contributed by atoms with Gasteiger partial charge in [0.2, 0.25) is 15.9 Å². The lowest BCUT2D eigenvalue weighted by molar-refractivity contribution is -0.115. The van der Waals surface area contributed by atoms with Crippen molar-refractivity contribution in [3.63, 3.8) is 0 Å². The molecule has 3 N–H and O–H groups in total. The Morgan fingerprint density at radius 1 is 0.839 bits per heavy atom. The van der Waals surface area contributed by atoms with Gasteiger partial charge in [-0.1, -0.05) is 58.5 Å². The number of hydrogen-bond acceptors (Lipinski definition) is 3. The Hall–Kier alpha value is -1.80. The normalized spacial score (nSPS) is 11.4. The monoisotopic (exact) mass is 516 g/mol. The average molecular weight is 518 g/mol. The molecule has 0 saturated carbocycles. The molecule has 0 bridgehead atoms. The molecule has 0 fully saturated rings. The van der Waals surface area contributed by atoms with Gasteiger partial charge in [0.15, 0.2) is 0 Å². The van der Waals surface area contributed by atoms with Gasteiger partial charge < -0.3 is 5.32 Å². The van der Waals surface area contributed by atoms with Gasteiger partial charge in [0.05, 0.1) is 22.0 Å². The highest BCUT2D eigenvalue weighted by Gasteiger charge is 2.14. The highest BCUT2D eigenvalue weighted by molar-refractivity contribution is 7.89. The van der Waals surface area contributed by atoms with Crippen LogP contribution in [0.4, 0.5) is 5.69 Å². The minimum Gasteiger partial charge on any atom is -0.324 e. The predicted octanol–water partition coefficient (Wildman–Crippen LogP) is 5.72. The predicted molar refractivity (Wildman–Crippen MR) is 126 cm³/mol. The first-order valence-electron chi connectivity index (χ1n) is 8.86. The van der Waals surface area contributed by atoms with E-state index < -0.39 is 10.0 Å². The van der Waals surface area contributed by atoms with Gasteiger partial charge in [-0.25, -0.2) is 13.6 Å². The highest BCUT2D eigenvalue weighted by Crippen LogP contribution is 2.28. The standard InChI is InChI=1S/C21H16Cl4N2O3S/c22-15-2-5-18(24)14(10-15)9-13-7-12(1-4-17(13)23)8-21(28)27-20-6-3-16(11-19(20)25)31(26,29)30/h1-7,10-11H,8-9H2,(H,27,28)(H2,26,29,30). The number of halogens is 4. The van der Waals surface area contributed by atoms with Crippen LogP contribution < -0.4 is 10.5 Å². The molecule has 0 aliphatic carbocycles. The molecule has 0 radical (unpaired) electrons. The highest BCUT2D eigenvalue weighted by atomic mass is 35.5. The molecule has 0 aliphatic heterocycles. The second-order valence-corrected chi connectivity index (χ2v) is 9.97. The SMILES string of the molecule is NS(=O)(=O)c1ccc(NC(=O)Cc2ccc(Cl)c(Cc3cc(Cl)ccc3Cl)c2)c(Cl)c1. The van der Waals surface area contributed by atoms with Crippen molar-refractivity contribution in [2.45, 2.75) is 17.7 Å². The zero-order valence-corrected chi connectivity index (χ0v) is 19.7. The van der Waals surface area contributed by atoms with Crippen molar-refractivity contribution in [3.8, 4) is 0 Å². The molecule has 31 heavy (non-hydrogen) atoms. The summed E-state index contributed by atoms with van der Waals surface area (Å²) in [7, 11) is -3.89. The summed E-state index contributed by atoms with van der Waals surface area (Å²) in [5, 5.41) is 9.48. The summed E-state index contributed by atoms with van der Waals surface area (Å²) in [5.74, 6) is -0.334. The largest absolute Gasteiger partial charge is 0.324 e. The summed E-state index contributed by atoms with van der Waals surface area (Å²) in [4.78, 5) is 12.3. The van der Waals surface area contributed by atoms with E-state index in [9.17, 15) is 13.2 Å². The molecule has 3 rings (SSSR count). The Kier molecular flexibility index (Phi) is 7.52. The first-order valence-corrected chi connectivity index (χ1v) is 11.9. The lowest BCUT2D eigenvalue weighted by Gasteiger charge is -2.11. The van der Waals surface area contributed by atoms with Crippen LogP contribution in [-0.2, 0) is 27.7 Å². The van der Waals surface area contributed by atoms with E-state index in [2.05, 4.69) is 5.32 Å². The molecule has 162 valence electrons. The molecule has 0 heterocycles. The van der Waals surface area contributed by atoms with Gasteiger partial charge in [-0.05, 0) is 59.2 Å². The van der Waals surface area contributed by atoms with Crippen LogP contribution in [0.15, 0.2) is 59.5 Å². The molecule has 0 aliphatic rings. The van der Waals surface area contributed by atoms with Crippen LogP contribution in [0.1, 0.15) is 16.7 Å². The Balaban J connectivity index is 1.75. The summed E-state index contributed by atoms with van der Waals surface area (Å²) < 4.78 is 22.8. The van der Waals surface area contributed by atoms with Gasteiger partial charge in [-0.3, -0.25) is 4.79 Å². The molecular formula is C21H16Cl4N2O3S. The molecule has 3 aromatic rings. The quantitative estimate of drug-likeness (QED) is 0.438. The number of hydrogen-bond donors (Lipinski definition) is 2. The van der Waals surface area contributed by atoms with E-state index in [0.29, 0.717) is 21.5 Å². The third-order valence-electron chi connectivity index (χ3n) is 4.41. The van der Waals surface area contributed by atoms with E-state index in [1.807, 2.05) is 6.07 Å². The number of nitrogens with one attached hydrogen (secondary N) is 1. The maximum atomic E-state index is 12.5. The van der Waals surface area contributed by atoms with Crippen LogP contribution in [0, 0.1) is 0 Å². The van der Waals surface area contributed by atoms with Gasteiger partial charge in [-0.15, -0.1) is 0 Å². The fourth-order valence-electron chi connectivity index (χ4n) is 2.91. The number of nitrogens with two attached hydrogens (primary N) is 1. The summed E-state index contributed by atoms with van der Waals surface area (Å²) in [5.41, 5.74) is 2.62. The molecule has 0 atom stereocenters. The number of benzene rings is 3. The van der Waals surface area contributed by atoms with Crippen LogP contribution in [0.25, 0.3) is 0 Å². The minimum atomic E-state index is -3.89. The fraction of sp³-hybridized carbons (Fsp3) is 0.0952. The molecule has 3 aromatic carbocycles. The number of sulfonamides is 1. The van der Waals surface area contributed by atoms with Crippen molar-refractivity contribution in [2.24, 2.45) is 5.14 Å². The van der Waals surface area contributed by atoms with Crippen molar-refractivity contribution >= 4 is 68.0 Å². The lowest BCUT2D eigenvalue weighted by Crippen LogP contribution is -2.16. The average Bonchev–Trinajstić information content (AvgIpc) is 2.68. The van der Waals surface area contributed by atoms with E-state index in [-0.39, 0.29) is 27.9 Å². The van der Waals surface area contributed by atoms with Crippen molar-refractivity contribution in [1.29, 1.82) is 0 Å². The van der Waals surface area contributed by atoms with Gasteiger partial charge in [-0.2, -0.15) is 0 Å². The van der Waals surface area contributed by atoms with Gasteiger partial charge in [0.1, 0.15) is 0 Å². The summed E-state index contributed by atoms with van der Waals surface area (Å²) in [6.45, 7) is 0. The number of anilines is 1. The summed E-state index contributed by atoms with van der Waals surface area (Å²) in [6.07, 6.45) is 0.509. The van der Waals surface area contributed by atoms with E-state index in [1.165, 1.54) is 18.2 Å². The Morgan fingerprint density at radius 3 is 2.13 bits per heavy atom. The molecular weight excluding hydrogens is 502 g/mol. The molecule has 5 nitrogen and oxygen atoms in total. The van der Waals surface area contributed by atoms with Gasteiger partial charge in [0.25, 0.3) is 0 Å². The van der Waals surface area contributed by atoms with Crippen molar-refractivity contribution in [1.82, 2.24) is 0 Å². The van der Waals surface area contributed by atoms with Gasteiger partial charge in [0, 0.05) is 21.5 Å². The summed E-state index contributed by atoms with van der Waals surface area (Å²) >= 11 is 24.7. The van der Waals surface area contributed by atoms with E-state index in [1.54, 1.807) is 30.3 Å². The van der Waals surface area contributed by atoms with Crippen LogP contribution >= 0.6 is 46.4 Å². The molecule has 0 aromatic heterocycles. The molecule has 0 unspecified atom stereocenters. The first-order chi connectivity index (χ1) is 14.5. The third kappa shape index (κ3) is 6.35. The van der Waals surface area contributed by atoms with Crippen molar-refractivity contribution < 1.29 is 13.2 Å². The Bertz CT molecular complexity index is 1260. The van der Waals surface area contributed by atoms with Crippen LogP contribution in [-0.4, -0.2) is 14.3 Å². The second-order valence-electron chi connectivity index (χ2n) is 6.75. The van der Waals surface area contributed by atoms with Crippen molar-refractivity contribution in [2.75, 3.05) is 5.32 Å². The topological polar surface area (TPSA) is 89.3 Å². The Labute approximate surface area is 200 Å². The maximum absolute atomic E-state index is 12.5. The number of carbonyl (C=O) groups is 1. The fourth-order valence-corrected chi connectivity index (χ4v) is 4.31. The third-order valence-corrected chi connectivity index (χ3v) is 6.60. The molecule has 1 amide bonds. The van der Waals surface area contributed by atoms with E-state index in [0.717, 1.165) is 16.7 Å². The number of primary sulfonamides is 1. The molecule has 0 spiro atoms. The smallest absolute Gasteiger partial charge is 0.238 e. The van der Waals surface area contributed by atoms with E-state index >= 15 is 0 Å². The zero-order valence-electron chi connectivity index (χ0n) is 15.8. The van der Waals surface area contributed by atoms with Crippen molar-refractivity contribution in [3.05, 3.63) is 91.4 Å². The maximum Gasteiger partial charge on any atom is 0.238 e. The minimum absolute atomic E-state index is 0.0563. The number of carbonyl (C=O) groups excluding carboxylic acids is 1. The molecule has 10 heteroatoms. The van der Waals surface area contributed by atoms with Crippen LogP contribution in [0.5, 0.6) is 0 Å². The van der Waals surface area contributed by atoms with Crippen LogP contribution in [0.3, 0.4) is 0 Å². The first kappa shape index (κ1) is 23.9. The van der Waals surface area contributed by atoms with E-state index in [4.69, 9.17) is 51.5 Å². The van der Waals surface area contributed by atoms with Gasteiger partial charge >= 0.3 is 0 Å².